The minimum atomic E-state index is -0.504. The van der Waals surface area contributed by atoms with Crippen molar-refractivity contribution in [3.05, 3.63) is 41.9 Å². The van der Waals surface area contributed by atoms with Crippen molar-refractivity contribution in [1.82, 2.24) is 15.3 Å². The number of halogens is 1. The maximum absolute atomic E-state index is 11.8. The van der Waals surface area contributed by atoms with Crippen LogP contribution in [-0.4, -0.2) is 34.8 Å². The molecule has 144 valence electrons. The number of hydrogen-bond donors (Lipinski definition) is 1. The Kier molecular flexibility index (Phi) is 5.56. The molecule has 27 heavy (non-hydrogen) atoms. The molecule has 1 amide bonds. The monoisotopic (exact) mass is 389 g/mol. The zero-order valence-electron chi connectivity index (χ0n) is 15.8. The number of carbonyl (C=O) groups excluding carboxylic acids is 1. The van der Waals surface area contributed by atoms with Gasteiger partial charge in [0.1, 0.15) is 16.5 Å². The van der Waals surface area contributed by atoms with Gasteiger partial charge in [-0.15, -0.1) is 0 Å². The van der Waals surface area contributed by atoms with Crippen molar-refractivity contribution >= 4 is 17.7 Å². The molecule has 0 spiro atoms. The molecule has 1 N–H and O–H groups in total. The Balaban J connectivity index is 1.58. The predicted octanol–water partition coefficient (Wildman–Crippen LogP) is 4.48. The molecule has 0 radical (unpaired) electrons. The first-order chi connectivity index (χ1) is 12.8. The Morgan fingerprint density at radius 1 is 1.30 bits per heavy atom. The van der Waals surface area contributed by atoms with E-state index in [4.69, 9.17) is 21.1 Å². The predicted molar refractivity (Wildman–Crippen MR) is 104 cm³/mol. The molecular formula is C20H24ClN3O3. The van der Waals surface area contributed by atoms with Crippen LogP contribution in [0.3, 0.4) is 0 Å². The molecule has 0 aliphatic heterocycles. The average molecular weight is 390 g/mol. The minimum absolute atomic E-state index is 0.0482. The summed E-state index contributed by atoms with van der Waals surface area (Å²) in [5.41, 5.74) is 1.18. The number of carbonyl (C=O) groups is 1. The van der Waals surface area contributed by atoms with Crippen LogP contribution < -0.4 is 10.1 Å². The lowest BCUT2D eigenvalue weighted by Gasteiger charge is -2.22. The summed E-state index contributed by atoms with van der Waals surface area (Å²) >= 11 is 6.22. The number of rotatable bonds is 6. The molecule has 0 saturated heterocycles. The number of nitrogens with zero attached hydrogens (tertiary/aromatic N) is 2. The van der Waals surface area contributed by atoms with Crippen molar-refractivity contribution in [2.75, 3.05) is 13.2 Å². The van der Waals surface area contributed by atoms with Crippen LogP contribution in [0.2, 0.25) is 5.15 Å². The third-order valence-corrected chi connectivity index (χ3v) is 4.62. The Labute approximate surface area is 164 Å². The quantitative estimate of drug-likeness (QED) is 0.737. The van der Waals surface area contributed by atoms with Crippen LogP contribution in [-0.2, 0) is 4.74 Å². The van der Waals surface area contributed by atoms with Gasteiger partial charge < -0.3 is 14.8 Å². The van der Waals surface area contributed by atoms with Gasteiger partial charge in [0, 0.05) is 29.9 Å². The third kappa shape index (κ3) is 5.57. The topological polar surface area (TPSA) is 73.3 Å². The number of nitrogens with one attached hydrogen (secondary N) is 1. The van der Waals surface area contributed by atoms with Crippen molar-refractivity contribution in [3.8, 4) is 16.9 Å². The maximum atomic E-state index is 11.8. The number of amides is 1. The van der Waals surface area contributed by atoms with E-state index in [1.807, 2.05) is 39.0 Å². The highest BCUT2D eigenvalue weighted by atomic mass is 35.5. The fraction of sp³-hybridized carbons (Fsp3) is 0.450. The third-order valence-electron chi connectivity index (χ3n) is 4.31. The van der Waals surface area contributed by atoms with Gasteiger partial charge in [-0.3, -0.25) is 4.98 Å². The number of aromatic nitrogens is 2. The summed E-state index contributed by atoms with van der Waals surface area (Å²) < 4.78 is 11.2. The molecule has 2 aromatic rings. The first-order valence-electron chi connectivity index (χ1n) is 8.92. The molecule has 2 heterocycles. The van der Waals surface area contributed by atoms with Crippen LogP contribution in [0.25, 0.3) is 11.1 Å². The summed E-state index contributed by atoms with van der Waals surface area (Å²) in [7, 11) is 0. The Hall–Kier alpha value is -2.34. The van der Waals surface area contributed by atoms with Crippen molar-refractivity contribution in [2.45, 2.75) is 39.2 Å². The van der Waals surface area contributed by atoms with E-state index in [1.165, 1.54) is 0 Å². The van der Waals surface area contributed by atoms with E-state index >= 15 is 0 Å². The van der Waals surface area contributed by atoms with Crippen LogP contribution in [0, 0.1) is 5.41 Å². The van der Waals surface area contributed by atoms with Crippen molar-refractivity contribution < 1.29 is 14.3 Å². The lowest BCUT2D eigenvalue weighted by molar-refractivity contribution is 0.0509. The number of pyridine rings is 2. The second-order valence-electron chi connectivity index (χ2n) is 7.89. The molecule has 1 fully saturated rings. The minimum Gasteiger partial charge on any atom is -0.491 e. The molecule has 1 aliphatic carbocycles. The summed E-state index contributed by atoms with van der Waals surface area (Å²) in [6.45, 7) is 6.56. The first-order valence-corrected chi connectivity index (χ1v) is 9.30. The molecular weight excluding hydrogens is 366 g/mol. The summed E-state index contributed by atoms with van der Waals surface area (Å²) in [6.07, 6.45) is 6.63. The fourth-order valence-corrected chi connectivity index (χ4v) is 2.81. The highest BCUT2D eigenvalue weighted by Crippen LogP contribution is 2.45. The number of ether oxygens (including phenoxy) is 2. The second kappa shape index (κ2) is 7.72. The molecule has 0 unspecified atom stereocenters. The molecule has 0 aromatic carbocycles. The summed E-state index contributed by atoms with van der Waals surface area (Å²) in [5.74, 6) is 0.648. The van der Waals surface area contributed by atoms with Crippen molar-refractivity contribution in [2.24, 2.45) is 5.41 Å². The lowest BCUT2D eigenvalue weighted by Crippen LogP contribution is -2.37. The standard InChI is InChI=1S/C20H24ClN3O3/c1-19(2,3)27-18(25)24-12-20(6-7-20)13-26-15-10-16(17(21)23-11-15)14-4-8-22-9-5-14/h4-5,8-11H,6-7,12-13H2,1-3H3,(H,24,25). The molecule has 0 bridgehead atoms. The second-order valence-corrected chi connectivity index (χ2v) is 8.25. The van der Waals surface area contributed by atoms with Crippen LogP contribution in [0.1, 0.15) is 33.6 Å². The van der Waals surface area contributed by atoms with Crippen molar-refractivity contribution in [1.29, 1.82) is 0 Å². The molecule has 6 nitrogen and oxygen atoms in total. The molecule has 3 rings (SSSR count). The molecule has 7 heteroatoms. The maximum Gasteiger partial charge on any atom is 0.407 e. The Bertz CT molecular complexity index is 802. The highest BCUT2D eigenvalue weighted by Gasteiger charge is 2.44. The van der Waals surface area contributed by atoms with Gasteiger partial charge in [0.25, 0.3) is 0 Å². The number of alkyl carbamates (subject to hydrolysis) is 1. The van der Waals surface area contributed by atoms with Gasteiger partial charge in [-0.05, 0) is 57.4 Å². The summed E-state index contributed by atoms with van der Waals surface area (Å²) in [4.78, 5) is 20.1. The van der Waals surface area contributed by atoms with E-state index in [9.17, 15) is 4.79 Å². The van der Waals surface area contributed by atoms with E-state index in [-0.39, 0.29) is 5.41 Å². The normalized spacial score (nSPS) is 15.1. The van der Waals surface area contributed by atoms with Gasteiger partial charge >= 0.3 is 6.09 Å². The largest absolute Gasteiger partial charge is 0.491 e. The van der Waals surface area contributed by atoms with E-state index in [0.29, 0.717) is 24.1 Å². The van der Waals surface area contributed by atoms with Crippen LogP contribution >= 0.6 is 11.6 Å². The smallest absolute Gasteiger partial charge is 0.407 e. The van der Waals surface area contributed by atoms with Crippen LogP contribution in [0.4, 0.5) is 4.79 Å². The summed E-state index contributed by atoms with van der Waals surface area (Å²) in [6, 6.07) is 5.63. The zero-order valence-corrected chi connectivity index (χ0v) is 16.5. The zero-order chi connectivity index (χ0) is 19.5. The van der Waals surface area contributed by atoms with Crippen LogP contribution in [0.15, 0.2) is 36.8 Å². The molecule has 2 aromatic heterocycles. The van der Waals surface area contributed by atoms with Gasteiger partial charge in [0.05, 0.1) is 12.8 Å². The Morgan fingerprint density at radius 2 is 2.00 bits per heavy atom. The van der Waals surface area contributed by atoms with Gasteiger partial charge in [0.2, 0.25) is 0 Å². The fourth-order valence-electron chi connectivity index (χ4n) is 2.60. The SMILES string of the molecule is CC(C)(C)OC(=O)NCC1(COc2cnc(Cl)c(-c3ccncc3)c2)CC1. The molecule has 1 aliphatic rings. The van der Waals surface area contributed by atoms with Crippen LogP contribution in [0.5, 0.6) is 5.75 Å². The lowest BCUT2D eigenvalue weighted by atomic mass is 10.1. The molecule has 0 atom stereocenters. The molecule has 1 saturated carbocycles. The van der Waals surface area contributed by atoms with Gasteiger partial charge in [-0.1, -0.05) is 11.6 Å². The van der Waals surface area contributed by atoms with Gasteiger partial charge in [0.15, 0.2) is 0 Å². The van der Waals surface area contributed by atoms with E-state index in [0.717, 1.165) is 24.0 Å². The van der Waals surface area contributed by atoms with E-state index in [1.54, 1.807) is 18.6 Å². The van der Waals surface area contributed by atoms with Gasteiger partial charge in [-0.2, -0.15) is 0 Å². The Morgan fingerprint density at radius 3 is 2.63 bits per heavy atom. The van der Waals surface area contributed by atoms with E-state index < -0.39 is 11.7 Å². The van der Waals surface area contributed by atoms with Gasteiger partial charge in [-0.25, -0.2) is 9.78 Å². The average Bonchev–Trinajstić information content (AvgIpc) is 3.39. The number of hydrogen-bond acceptors (Lipinski definition) is 5. The summed E-state index contributed by atoms with van der Waals surface area (Å²) in [5, 5.41) is 3.26. The van der Waals surface area contributed by atoms with E-state index in [2.05, 4.69) is 15.3 Å². The first kappa shape index (κ1) is 19.4. The van der Waals surface area contributed by atoms with Crippen molar-refractivity contribution in [3.63, 3.8) is 0 Å². The highest BCUT2D eigenvalue weighted by molar-refractivity contribution is 6.32.